The molecule has 0 bridgehead atoms. The van der Waals surface area contributed by atoms with E-state index in [1.54, 1.807) is 0 Å². The van der Waals surface area contributed by atoms with Crippen molar-refractivity contribution in [3.05, 3.63) is 199 Å². The van der Waals surface area contributed by atoms with Crippen molar-refractivity contribution in [3.8, 4) is 62.1 Å². The Balaban J connectivity index is 1.07. The second-order valence-electron chi connectivity index (χ2n) is 14.3. The summed E-state index contributed by atoms with van der Waals surface area (Å²) in [6.07, 6.45) is 0. The van der Waals surface area contributed by atoms with Gasteiger partial charge in [0.25, 0.3) is 0 Å². The van der Waals surface area contributed by atoms with Gasteiger partial charge < -0.3 is 8.98 Å². The van der Waals surface area contributed by atoms with Crippen LogP contribution in [-0.4, -0.2) is 19.5 Å². The van der Waals surface area contributed by atoms with E-state index in [1.807, 2.05) is 60.7 Å². The van der Waals surface area contributed by atoms with E-state index in [1.165, 1.54) is 10.8 Å². The molecule has 0 spiro atoms. The first kappa shape index (κ1) is 33.2. The van der Waals surface area contributed by atoms with E-state index in [0.717, 1.165) is 77.6 Å². The number of nitrogens with zero attached hydrogens (tertiary/aromatic N) is 5. The van der Waals surface area contributed by atoms with Crippen molar-refractivity contribution in [1.82, 2.24) is 19.5 Å². The van der Waals surface area contributed by atoms with Gasteiger partial charge in [0.05, 0.1) is 17.6 Å². The maximum absolute atomic E-state index is 7.55. The monoisotopic (exact) mass is 741 g/mol. The maximum atomic E-state index is 7.55. The molecule has 0 amide bonds. The molecule has 0 aliphatic rings. The minimum atomic E-state index is 0.543. The summed E-state index contributed by atoms with van der Waals surface area (Å²) in [7, 11) is 0. The molecule has 270 valence electrons. The van der Waals surface area contributed by atoms with Crippen LogP contribution in [0.3, 0.4) is 0 Å². The molecule has 0 fully saturated rings. The van der Waals surface area contributed by atoms with Crippen LogP contribution >= 0.6 is 0 Å². The van der Waals surface area contributed by atoms with Crippen LogP contribution in [0.15, 0.2) is 192 Å². The first-order chi connectivity index (χ1) is 28.7. The van der Waals surface area contributed by atoms with Gasteiger partial charge in [-0.2, -0.15) is 0 Å². The summed E-state index contributed by atoms with van der Waals surface area (Å²) in [5, 5.41) is 4.39. The van der Waals surface area contributed by atoms with E-state index in [0.29, 0.717) is 23.2 Å². The largest absolute Gasteiger partial charge is 0.456 e. The van der Waals surface area contributed by atoms with Crippen molar-refractivity contribution in [2.45, 2.75) is 0 Å². The molecule has 0 aliphatic carbocycles. The summed E-state index contributed by atoms with van der Waals surface area (Å²) >= 11 is 0. The topological polar surface area (TPSA) is 61.1 Å². The van der Waals surface area contributed by atoms with Gasteiger partial charge in [0.15, 0.2) is 23.2 Å². The second-order valence-corrected chi connectivity index (χ2v) is 14.3. The smallest absolute Gasteiger partial charge is 0.187 e. The minimum absolute atomic E-state index is 0.543. The molecule has 11 rings (SSSR count). The molecule has 0 aliphatic heterocycles. The van der Waals surface area contributed by atoms with Crippen LogP contribution in [-0.2, 0) is 0 Å². The molecule has 8 aromatic carbocycles. The third-order valence-electron chi connectivity index (χ3n) is 10.9. The predicted molar refractivity (Wildman–Crippen MR) is 235 cm³/mol. The molecule has 58 heavy (non-hydrogen) atoms. The average molecular weight is 742 g/mol. The maximum Gasteiger partial charge on any atom is 0.187 e. The van der Waals surface area contributed by atoms with Gasteiger partial charge in [-0.3, -0.25) is 0 Å². The van der Waals surface area contributed by atoms with Crippen molar-refractivity contribution in [3.63, 3.8) is 0 Å². The number of hydrogen-bond donors (Lipinski definition) is 0. The normalized spacial score (nSPS) is 11.4. The number of hydrogen-bond acceptors (Lipinski definition) is 4. The highest BCUT2D eigenvalue weighted by atomic mass is 16.3. The van der Waals surface area contributed by atoms with Crippen LogP contribution in [0.5, 0.6) is 0 Å². The lowest BCUT2D eigenvalue weighted by Gasteiger charge is -2.12. The van der Waals surface area contributed by atoms with Crippen LogP contribution in [0.1, 0.15) is 0 Å². The van der Waals surface area contributed by atoms with Gasteiger partial charge in [0, 0.05) is 43.9 Å². The van der Waals surface area contributed by atoms with E-state index in [9.17, 15) is 0 Å². The molecule has 6 nitrogen and oxygen atoms in total. The van der Waals surface area contributed by atoms with Gasteiger partial charge >= 0.3 is 0 Å². The Labute approximate surface area is 333 Å². The molecular weight excluding hydrogens is 711 g/mol. The third kappa shape index (κ3) is 5.61. The summed E-state index contributed by atoms with van der Waals surface area (Å²) in [4.78, 5) is 19.0. The molecule has 0 saturated heterocycles. The fourth-order valence-electron chi connectivity index (χ4n) is 8.14. The third-order valence-corrected chi connectivity index (χ3v) is 10.9. The zero-order chi connectivity index (χ0) is 38.6. The van der Waals surface area contributed by atoms with Crippen molar-refractivity contribution < 1.29 is 4.42 Å². The first-order valence-corrected chi connectivity index (χ1v) is 19.1. The predicted octanol–water partition coefficient (Wildman–Crippen LogP) is 13.8. The van der Waals surface area contributed by atoms with E-state index in [4.69, 9.17) is 25.9 Å². The summed E-state index contributed by atoms with van der Waals surface area (Å²) in [5.41, 5.74) is 12.2. The Kier molecular flexibility index (Phi) is 7.76. The fraction of sp³-hybridized carbons (Fsp3) is 0. The number of benzene rings is 8. The summed E-state index contributed by atoms with van der Waals surface area (Å²) in [6.45, 7) is 7.55. The van der Waals surface area contributed by atoms with Crippen molar-refractivity contribution >= 4 is 49.4 Å². The Hall–Kier alpha value is -8.14. The Morgan fingerprint density at radius 2 is 0.983 bits per heavy atom. The molecular formula is C52H31N5O. The Morgan fingerprint density at radius 3 is 1.72 bits per heavy atom. The lowest BCUT2D eigenvalue weighted by atomic mass is 9.98. The zero-order valence-corrected chi connectivity index (χ0v) is 31.0. The van der Waals surface area contributed by atoms with E-state index < -0.39 is 0 Å². The van der Waals surface area contributed by atoms with Gasteiger partial charge in [-0.1, -0.05) is 140 Å². The zero-order valence-electron chi connectivity index (χ0n) is 31.0. The number of fused-ring (bicyclic) bond motifs is 6. The highest BCUT2D eigenvalue weighted by Gasteiger charge is 2.18. The van der Waals surface area contributed by atoms with Crippen LogP contribution in [0.25, 0.3) is 111 Å². The molecule has 3 aromatic heterocycles. The van der Waals surface area contributed by atoms with Crippen LogP contribution in [0.4, 0.5) is 5.69 Å². The molecule has 6 heteroatoms. The molecule has 0 unspecified atom stereocenters. The lowest BCUT2D eigenvalue weighted by molar-refractivity contribution is 0.669. The molecule has 0 radical (unpaired) electrons. The summed E-state index contributed by atoms with van der Waals surface area (Å²) < 4.78 is 8.82. The average Bonchev–Trinajstić information content (AvgIpc) is 3.85. The van der Waals surface area contributed by atoms with Crippen LogP contribution in [0.2, 0.25) is 0 Å². The van der Waals surface area contributed by atoms with E-state index in [-0.39, 0.29) is 0 Å². The van der Waals surface area contributed by atoms with Gasteiger partial charge in [-0.05, 0) is 70.8 Å². The molecule has 3 heterocycles. The molecule has 0 atom stereocenters. The van der Waals surface area contributed by atoms with Crippen LogP contribution < -0.4 is 0 Å². The first-order valence-electron chi connectivity index (χ1n) is 19.1. The van der Waals surface area contributed by atoms with E-state index in [2.05, 4.69) is 137 Å². The van der Waals surface area contributed by atoms with E-state index >= 15 is 0 Å². The Bertz CT molecular complexity index is 3360. The van der Waals surface area contributed by atoms with Crippen molar-refractivity contribution in [2.75, 3.05) is 0 Å². The van der Waals surface area contributed by atoms with Crippen LogP contribution in [0, 0.1) is 6.57 Å². The second kappa shape index (κ2) is 13.6. The number of aromatic nitrogens is 4. The van der Waals surface area contributed by atoms with Gasteiger partial charge in [-0.25, -0.2) is 19.8 Å². The number of rotatable bonds is 6. The minimum Gasteiger partial charge on any atom is -0.456 e. The quantitative estimate of drug-likeness (QED) is 0.159. The number of para-hydroxylation sites is 2. The molecule has 11 aromatic rings. The molecule has 0 N–H and O–H groups in total. The standard InChI is InChI=1S/C52H31N5O/c1-53-39-16-9-14-36(30-39)41-20-11-23-47-49(41)44-29-28-38(32-48(44)58-47)52-55-50(35-26-24-34(25-27-35)33-12-3-2-4-13-33)54-51(56-52)37-15-10-17-40(31-37)57-45-21-7-5-18-42(45)43-19-6-8-22-46(43)57/h2-32H. The Morgan fingerprint density at radius 1 is 0.414 bits per heavy atom. The lowest BCUT2D eigenvalue weighted by Crippen LogP contribution is -2.01. The van der Waals surface area contributed by atoms with Crippen molar-refractivity contribution in [2.24, 2.45) is 0 Å². The highest BCUT2D eigenvalue weighted by Crippen LogP contribution is 2.39. The van der Waals surface area contributed by atoms with Gasteiger partial charge in [-0.15, -0.1) is 0 Å². The number of furan rings is 1. The molecule has 0 saturated carbocycles. The SMILES string of the molecule is [C-]#[N+]c1cccc(-c2cccc3oc4cc(-c5nc(-c6ccc(-c7ccccc7)cc6)nc(-c6cccc(-n7c8ccccc8c8ccccc87)c6)n5)ccc4c23)c1. The van der Waals surface area contributed by atoms with Crippen molar-refractivity contribution in [1.29, 1.82) is 0 Å². The summed E-state index contributed by atoms with van der Waals surface area (Å²) in [6, 6.07) is 64.1. The van der Waals surface area contributed by atoms with Gasteiger partial charge in [0.2, 0.25) is 0 Å². The highest BCUT2D eigenvalue weighted by molar-refractivity contribution is 6.13. The fourth-order valence-corrected chi connectivity index (χ4v) is 8.14. The summed E-state index contributed by atoms with van der Waals surface area (Å²) in [5.74, 6) is 1.69. The van der Waals surface area contributed by atoms with Gasteiger partial charge in [0.1, 0.15) is 11.2 Å².